The maximum Gasteiger partial charge on any atom is 0.251 e. The second-order valence-electron chi connectivity index (χ2n) is 9.78. The molecule has 178 valence electrons. The van der Waals surface area contributed by atoms with Crippen molar-refractivity contribution in [3.8, 4) is 0 Å². The number of likely N-dealkylation sites (tertiary alicyclic amines) is 1. The van der Waals surface area contributed by atoms with E-state index in [-0.39, 0.29) is 17.9 Å². The number of para-hydroxylation sites is 1. The van der Waals surface area contributed by atoms with Gasteiger partial charge in [0.1, 0.15) is 5.82 Å². The van der Waals surface area contributed by atoms with Crippen LogP contribution in [0.15, 0.2) is 58.6 Å². The molecule has 0 aromatic heterocycles. The van der Waals surface area contributed by atoms with Gasteiger partial charge in [0.2, 0.25) is 0 Å². The van der Waals surface area contributed by atoms with Gasteiger partial charge >= 0.3 is 0 Å². The lowest BCUT2D eigenvalue weighted by molar-refractivity contribution is -0.114. The number of thioether (sulfide) groups is 1. The monoisotopic (exact) mass is 467 g/mol. The topological polar surface area (TPSA) is 69.8 Å². The van der Waals surface area contributed by atoms with Crippen LogP contribution in [-0.4, -0.2) is 47.1 Å². The van der Waals surface area contributed by atoms with Crippen molar-refractivity contribution in [3.63, 3.8) is 0 Å². The summed E-state index contributed by atoms with van der Waals surface area (Å²) in [4.78, 5) is 17.7. The summed E-state index contributed by atoms with van der Waals surface area (Å²) in [5.41, 5.74) is 12.3. The summed E-state index contributed by atoms with van der Waals surface area (Å²) in [6.07, 6.45) is 6.87. The second kappa shape index (κ2) is 9.98. The lowest BCUT2D eigenvalue weighted by Gasteiger charge is -2.48. The lowest BCUT2D eigenvalue weighted by atomic mass is 9.81. The minimum Gasteiger partial charge on any atom is -0.396 e. The average molecular weight is 468 g/mol. The number of unbranched alkanes of at least 4 members (excludes halogenated alkanes) is 1. The third kappa shape index (κ3) is 4.60. The van der Waals surface area contributed by atoms with Crippen LogP contribution >= 0.6 is 11.8 Å². The molecule has 1 amide bonds. The number of hydrogen-bond donors (Lipinski definition) is 2. The molecule has 3 aliphatic rings. The summed E-state index contributed by atoms with van der Waals surface area (Å²) in [7, 11) is 0. The SMILES string of the molecule is CCC/C=C1\C(C(N)=O)=C2CCSCC2=C(N2CCC(C)(CO)CC2)N1c1ccccc1C. The van der Waals surface area contributed by atoms with E-state index in [1.807, 2.05) is 11.8 Å². The summed E-state index contributed by atoms with van der Waals surface area (Å²) < 4.78 is 0. The van der Waals surface area contributed by atoms with Crippen molar-refractivity contribution in [2.45, 2.75) is 52.9 Å². The molecular formula is C27H37N3O2S. The van der Waals surface area contributed by atoms with Gasteiger partial charge in [0.15, 0.2) is 0 Å². The number of hydrogen-bond acceptors (Lipinski definition) is 5. The summed E-state index contributed by atoms with van der Waals surface area (Å²) >= 11 is 1.93. The van der Waals surface area contributed by atoms with Crippen molar-refractivity contribution < 1.29 is 9.90 Å². The first-order valence-electron chi connectivity index (χ1n) is 12.2. The first-order chi connectivity index (χ1) is 15.9. The van der Waals surface area contributed by atoms with Crippen LogP contribution in [0, 0.1) is 12.3 Å². The van der Waals surface area contributed by atoms with Gasteiger partial charge in [-0.05, 0) is 61.0 Å². The van der Waals surface area contributed by atoms with E-state index >= 15 is 0 Å². The Bertz CT molecular complexity index is 1000. The largest absolute Gasteiger partial charge is 0.396 e. The molecule has 1 aromatic carbocycles. The molecule has 0 saturated carbocycles. The van der Waals surface area contributed by atoms with Gasteiger partial charge in [0, 0.05) is 31.0 Å². The molecule has 3 N–H and O–H groups in total. The smallest absolute Gasteiger partial charge is 0.251 e. The van der Waals surface area contributed by atoms with Gasteiger partial charge in [0.05, 0.1) is 17.0 Å². The third-order valence-corrected chi connectivity index (χ3v) is 8.25. The van der Waals surface area contributed by atoms with Crippen LogP contribution in [0.5, 0.6) is 0 Å². The molecule has 2 saturated heterocycles. The van der Waals surface area contributed by atoms with Gasteiger partial charge in [-0.2, -0.15) is 11.8 Å². The number of primary amides is 1. The highest BCUT2D eigenvalue weighted by atomic mass is 32.2. The number of carbonyl (C=O) groups is 1. The fraction of sp³-hybridized carbons (Fsp3) is 0.519. The molecule has 0 aliphatic carbocycles. The maximum absolute atomic E-state index is 12.9. The van der Waals surface area contributed by atoms with Gasteiger partial charge in [0.25, 0.3) is 5.91 Å². The predicted molar refractivity (Wildman–Crippen MR) is 138 cm³/mol. The Morgan fingerprint density at radius 1 is 1.24 bits per heavy atom. The van der Waals surface area contributed by atoms with E-state index in [2.05, 4.69) is 60.9 Å². The predicted octanol–water partition coefficient (Wildman–Crippen LogP) is 4.72. The molecule has 5 nitrogen and oxygen atoms in total. The molecule has 0 spiro atoms. The number of aryl methyl sites for hydroxylation is 1. The Balaban J connectivity index is 1.93. The average Bonchev–Trinajstić information content (AvgIpc) is 2.82. The van der Waals surface area contributed by atoms with Crippen LogP contribution in [0.2, 0.25) is 0 Å². The summed E-state index contributed by atoms with van der Waals surface area (Å²) in [6.45, 7) is 8.48. The van der Waals surface area contributed by atoms with Crippen molar-refractivity contribution in [1.82, 2.24) is 4.90 Å². The van der Waals surface area contributed by atoms with Crippen molar-refractivity contribution in [1.29, 1.82) is 0 Å². The van der Waals surface area contributed by atoms with E-state index in [1.165, 1.54) is 17.0 Å². The zero-order chi connectivity index (χ0) is 23.6. The number of nitrogens with zero attached hydrogens (tertiary/aromatic N) is 2. The Morgan fingerprint density at radius 3 is 2.61 bits per heavy atom. The van der Waals surface area contributed by atoms with Gasteiger partial charge in [-0.3, -0.25) is 9.69 Å². The number of aliphatic hydroxyl groups excluding tert-OH is 1. The minimum absolute atomic E-state index is 0.0247. The number of carbonyl (C=O) groups excluding carboxylic acids is 1. The standard InChI is InChI=1S/C27H37N3O2S/c1-4-5-9-23-24(25(28)32)20-11-16-33-17-21(20)26(29-14-12-27(3,18-31)13-15-29)30(23)22-10-7-6-8-19(22)2/h6-10,31H,4-5,11-18H2,1-3H3,(H2,28,32)/b23-9+. The van der Waals surface area contributed by atoms with E-state index in [9.17, 15) is 9.90 Å². The summed E-state index contributed by atoms with van der Waals surface area (Å²) in [5.74, 6) is 2.77. The zero-order valence-corrected chi connectivity index (χ0v) is 21.0. The van der Waals surface area contributed by atoms with Gasteiger partial charge in [-0.1, -0.05) is 44.5 Å². The summed E-state index contributed by atoms with van der Waals surface area (Å²) in [6, 6.07) is 8.41. The highest BCUT2D eigenvalue weighted by Gasteiger charge is 2.40. The molecule has 6 heteroatoms. The van der Waals surface area contributed by atoms with Crippen molar-refractivity contribution in [2.24, 2.45) is 11.1 Å². The first kappa shape index (κ1) is 24.0. The Morgan fingerprint density at radius 2 is 1.97 bits per heavy atom. The van der Waals surface area contributed by atoms with Gasteiger partial charge in [-0.25, -0.2) is 0 Å². The molecule has 3 heterocycles. The number of anilines is 1. The van der Waals surface area contributed by atoms with Crippen LogP contribution in [0.25, 0.3) is 0 Å². The zero-order valence-electron chi connectivity index (χ0n) is 20.2. The van der Waals surface area contributed by atoms with Gasteiger partial charge < -0.3 is 15.7 Å². The highest BCUT2D eigenvalue weighted by molar-refractivity contribution is 7.99. The van der Waals surface area contributed by atoms with Crippen molar-refractivity contribution >= 4 is 23.4 Å². The van der Waals surface area contributed by atoms with E-state index in [1.54, 1.807) is 0 Å². The van der Waals surface area contributed by atoms with Gasteiger partial charge in [-0.15, -0.1) is 0 Å². The normalized spacial score (nSPS) is 22.1. The van der Waals surface area contributed by atoms with E-state index < -0.39 is 0 Å². The molecule has 2 fully saturated rings. The Kier molecular flexibility index (Phi) is 7.25. The van der Waals surface area contributed by atoms with Crippen LogP contribution in [0.4, 0.5) is 5.69 Å². The van der Waals surface area contributed by atoms with Crippen LogP contribution in [-0.2, 0) is 4.79 Å². The number of allylic oxidation sites excluding steroid dienone is 2. The first-order valence-corrected chi connectivity index (χ1v) is 13.3. The molecule has 4 rings (SSSR count). The number of fused-ring (bicyclic) bond motifs is 1. The van der Waals surface area contributed by atoms with E-state index in [0.29, 0.717) is 5.57 Å². The van der Waals surface area contributed by atoms with Crippen LogP contribution in [0.1, 0.15) is 51.5 Å². The van der Waals surface area contributed by atoms with Crippen molar-refractivity contribution in [3.05, 3.63) is 64.1 Å². The molecule has 0 bridgehead atoms. The lowest BCUT2D eigenvalue weighted by Crippen LogP contribution is -2.47. The van der Waals surface area contributed by atoms with Crippen LogP contribution < -0.4 is 10.6 Å². The molecule has 0 radical (unpaired) electrons. The summed E-state index contributed by atoms with van der Waals surface area (Å²) in [5, 5.41) is 9.92. The Hall–Kier alpha value is -2.18. The number of piperidine rings is 1. The number of aliphatic hydroxyl groups is 1. The molecule has 33 heavy (non-hydrogen) atoms. The number of benzene rings is 1. The molecular weight excluding hydrogens is 430 g/mol. The minimum atomic E-state index is -0.333. The maximum atomic E-state index is 12.9. The fourth-order valence-corrected chi connectivity index (χ4v) is 6.13. The fourth-order valence-electron chi connectivity index (χ4n) is 5.13. The second-order valence-corrected chi connectivity index (χ2v) is 10.9. The van der Waals surface area contributed by atoms with E-state index in [0.717, 1.165) is 73.7 Å². The Labute approximate surface area is 202 Å². The molecule has 1 aromatic rings. The van der Waals surface area contributed by atoms with Crippen LogP contribution in [0.3, 0.4) is 0 Å². The molecule has 0 unspecified atom stereocenters. The molecule has 3 aliphatic heterocycles. The highest BCUT2D eigenvalue weighted by Crippen LogP contribution is 2.46. The quantitative estimate of drug-likeness (QED) is 0.633. The van der Waals surface area contributed by atoms with Crippen molar-refractivity contribution in [2.75, 3.05) is 36.1 Å². The number of nitrogens with two attached hydrogens (primary N) is 1. The van der Waals surface area contributed by atoms with E-state index in [4.69, 9.17) is 5.73 Å². The number of rotatable bonds is 6. The molecule has 0 atom stereocenters. The third-order valence-electron chi connectivity index (χ3n) is 7.27. The number of amides is 1.